The Morgan fingerprint density at radius 2 is 2.25 bits per heavy atom. The van der Waals surface area contributed by atoms with Gasteiger partial charge in [0.1, 0.15) is 0 Å². The molecule has 2 aromatic rings. The minimum atomic E-state index is 0.0842. The molecule has 20 heavy (non-hydrogen) atoms. The fourth-order valence-electron chi connectivity index (χ4n) is 2.47. The maximum atomic E-state index is 11.5. The Labute approximate surface area is 117 Å². The third-order valence-electron chi connectivity index (χ3n) is 3.49. The van der Waals surface area contributed by atoms with Gasteiger partial charge in [-0.05, 0) is 36.2 Å². The zero-order chi connectivity index (χ0) is 14.1. The predicted molar refractivity (Wildman–Crippen MR) is 80.1 cm³/mol. The highest BCUT2D eigenvalue weighted by atomic mass is 16.2. The zero-order valence-electron chi connectivity index (χ0n) is 11.3. The second kappa shape index (κ2) is 4.85. The monoisotopic (exact) mass is 268 g/mol. The fourth-order valence-corrected chi connectivity index (χ4v) is 2.47. The van der Waals surface area contributed by atoms with Crippen molar-refractivity contribution in [1.82, 2.24) is 4.98 Å². The molecule has 0 spiro atoms. The summed E-state index contributed by atoms with van der Waals surface area (Å²) in [6, 6.07) is 7.74. The SMILES string of the molecule is CC(=O)N1CCc2cc(Nc3cnccc3N)ccc21. The van der Waals surface area contributed by atoms with Crippen LogP contribution in [0.2, 0.25) is 0 Å². The number of carbonyl (C=O) groups is 1. The third kappa shape index (κ3) is 2.18. The van der Waals surface area contributed by atoms with E-state index >= 15 is 0 Å². The molecule has 0 saturated heterocycles. The maximum Gasteiger partial charge on any atom is 0.223 e. The summed E-state index contributed by atoms with van der Waals surface area (Å²) in [5.41, 5.74) is 10.5. The van der Waals surface area contributed by atoms with Gasteiger partial charge >= 0.3 is 0 Å². The number of nitrogens with one attached hydrogen (secondary N) is 1. The molecule has 0 aliphatic carbocycles. The molecule has 0 fully saturated rings. The quantitative estimate of drug-likeness (QED) is 0.876. The first kappa shape index (κ1) is 12.5. The molecular formula is C15H16N4O. The summed E-state index contributed by atoms with van der Waals surface area (Å²) in [4.78, 5) is 17.4. The molecule has 0 saturated carbocycles. The van der Waals surface area contributed by atoms with Gasteiger partial charge in [-0.1, -0.05) is 0 Å². The van der Waals surface area contributed by atoms with E-state index in [9.17, 15) is 4.79 Å². The van der Waals surface area contributed by atoms with Crippen LogP contribution in [0.25, 0.3) is 0 Å². The van der Waals surface area contributed by atoms with Crippen molar-refractivity contribution in [2.24, 2.45) is 0 Å². The number of carbonyl (C=O) groups excluding carboxylic acids is 1. The summed E-state index contributed by atoms with van der Waals surface area (Å²) >= 11 is 0. The molecule has 102 valence electrons. The van der Waals surface area contributed by atoms with E-state index in [0.29, 0.717) is 5.69 Å². The second-order valence-corrected chi connectivity index (χ2v) is 4.85. The molecule has 0 atom stereocenters. The molecule has 5 heteroatoms. The predicted octanol–water partition coefficient (Wildman–Crippen LogP) is 2.32. The van der Waals surface area contributed by atoms with Crippen molar-refractivity contribution in [2.75, 3.05) is 22.5 Å². The number of fused-ring (bicyclic) bond motifs is 1. The standard InChI is InChI=1S/C15H16N4O/c1-10(20)19-7-5-11-8-12(2-3-15(11)19)18-14-9-17-6-4-13(14)16/h2-4,6,8-9,18H,5,7H2,1H3,(H2,16,17). The first-order valence-corrected chi connectivity index (χ1v) is 6.52. The largest absolute Gasteiger partial charge is 0.397 e. The third-order valence-corrected chi connectivity index (χ3v) is 3.49. The van der Waals surface area contributed by atoms with Crippen molar-refractivity contribution >= 4 is 28.7 Å². The van der Waals surface area contributed by atoms with Gasteiger partial charge in [0, 0.05) is 31.0 Å². The van der Waals surface area contributed by atoms with Crippen LogP contribution in [0.5, 0.6) is 0 Å². The van der Waals surface area contributed by atoms with Crippen LogP contribution in [-0.2, 0) is 11.2 Å². The lowest BCUT2D eigenvalue weighted by Gasteiger charge is -2.15. The van der Waals surface area contributed by atoms with Gasteiger partial charge in [0.2, 0.25) is 5.91 Å². The van der Waals surface area contributed by atoms with E-state index < -0.39 is 0 Å². The van der Waals surface area contributed by atoms with Gasteiger partial charge in [0.25, 0.3) is 0 Å². The van der Waals surface area contributed by atoms with E-state index in [-0.39, 0.29) is 5.91 Å². The number of benzene rings is 1. The summed E-state index contributed by atoms with van der Waals surface area (Å²) in [5, 5.41) is 3.26. The molecule has 3 rings (SSSR count). The summed E-state index contributed by atoms with van der Waals surface area (Å²) in [6.07, 6.45) is 4.24. The lowest BCUT2D eigenvalue weighted by molar-refractivity contribution is -0.116. The Hall–Kier alpha value is -2.56. The molecule has 1 aromatic carbocycles. The highest BCUT2D eigenvalue weighted by Gasteiger charge is 2.22. The highest BCUT2D eigenvalue weighted by Crippen LogP contribution is 2.32. The molecule has 2 heterocycles. The summed E-state index contributed by atoms with van der Waals surface area (Å²) < 4.78 is 0. The van der Waals surface area contributed by atoms with Crippen molar-refractivity contribution in [3.05, 3.63) is 42.2 Å². The Kier molecular flexibility index (Phi) is 3.02. The van der Waals surface area contributed by atoms with Gasteiger partial charge in [-0.25, -0.2) is 0 Å². The molecule has 0 radical (unpaired) electrons. The van der Waals surface area contributed by atoms with Crippen molar-refractivity contribution in [3.63, 3.8) is 0 Å². The number of hydrogen-bond donors (Lipinski definition) is 2. The number of pyridine rings is 1. The maximum absolute atomic E-state index is 11.5. The molecule has 3 N–H and O–H groups in total. The van der Waals surface area contributed by atoms with E-state index in [0.717, 1.165) is 30.0 Å². The Morgan fingerprint density at radius 1 is 1.40 bits per heavy atom. The van der Waals surface area contributed by atoms with E-state index in [1.54, 1.807) is 30.3 Å². The average molecular weight is 268 g/mol. The Morgan fingerprint density at radius 3 is 3.00 bits per heavy atom. The minimum absolute atomic E-state index is 0.0842. The van der Waals surface area contributed by atoms with Crippen molar-refractivity contribution in [2.45, 2.75) is 13.3 Å². The Balaban J connectivity index is 1.87. The normalized spacial score (nSPS) is 13.2. The number of hydrogen-bond acceptors (Lipinski definition) is 4. The lowest BCUT2D eigenvalue weighted by Crippen LogP contribution is -2.25. The molecule has 0 bridgehead atoms. The number of aromatic nitrogens is 1. The molecule has 0 unspecified atom stereocenters. The van der Waals surface area contributed by atoms with E-state index in [4.69, 9.17) is 5.73 Å². The Bertz CT molecular complexity index is 669. The number of amides is 1. The second-order valence-electron chi connectivity index (χ2n) is 4.85. The van der Waals surface area contributed by atoms with Gasteiger partial charge in [0.05, 0.1) is 17.6 Å². The van der Waals surface area contributed by atoms with Gasteiger partial charge in [-0.3, -0.25) is 9.78 Å². The summed E-state index contributed by atoms with van der Waals surface area (Å²) in [5.74, 6) is 0.0842. The van der Waals surface area contributed by atoms with Crippen LogP contribution >= 0.6 is 0 Å². The van der Waals surface area contributed by atoms with Crippen molar-refractivity contribution in [1.29, 1.82) is 0 Å². The van der Waals surface area contributed by atoms with E-state index in [1.807, 2.05) is 12.1 Å². The number of rotatable bonds is 2. The van der Waals surface area contributed by atoms with Gasteiger partial charge in [-0.15, -0.1) is 0 Å². The van der Waals surface area contributed by atoms with Crippen LogP contribution in [0.15, 0.2) is 36.7 Å². The first-order chi connectivity index (χ1) is 9.65. The van der Waals surface area contributed by atoms with Crippen molar-refractivity contribution < 1.29 is 4.79 Å². The minimum Gasteiger partial charge on any atom is -0.397 e. The summed E-state index contributed by atoms with van der Waals surface area (Å²) in [7, 11) is 0. The number of nitrogens with zero attached hydrogens (tertiary/aromatic N) is 2. The van der Waals surface area contributed by atoms with Gasteiger partial charge in [-0.2, -0.15) is 0 Å². The van der Waals surface area contributed by atoms with Crippen LogP contribution in [0.3, 0.4) is 0 Å². The number of nitrogens with two attached hydrogens (primary N) is 1. The molecule has 5 nitrogen and oxygen atoms in total. The van der Waals surface area contributed by atoms with Gasteiger partial charge in [0.15, 0.2) is 0 Å². The molecule has 1 amide bonds. The first-order valence-electron chi connectivity index (χ1n) is 6.52. The lowest BCUT2D eigenvalue weighted by atomic mass is 10.1. The van der Waals surface area contributed by atoms with Crippen LogP contribution in [-0.4, -0.2) is 17.4 Å². The van der Waals surface area contributed by atoms with E-state index in [1.165, 1.54) is 5.56 Å². The highest BCUT2D eigenvalue weighted by molar-refractivity contribution is 5.94. The molecule has 1 aliphatic heterocycles. The van der Waals surface area contributed by atoms with Crippen LogP contribution in [0.1, 0.15) is 12.5 Å². The molecule has 1 aromatic heterocycles. The van der Waals surface area contributed by atoms with Crippen molar-refractivity contribution in [3.8, 4) is 0 Å². The fraction of sp³-hybridized carbons (Fsp3) is 0.200. The molecule has 1 aliphatic rings. The van der Waals surface area contributed by atoms with E-state index in [2.05, 4.69) is 16.4 Å². The average Bonchev–Trinajstić information content (AvgIpc) is 2.84. The summed E-state index contributed by atoms with van der Waals surface area (Å²) in [6.45, 7) is 2.35. The van der Waals surface area contributed by atoms with Crippen LogP contribution < -0.4 is 16.0 Å². The zero-order valence-corrected chi connectivity index (χ0v) is 11.3. The number of nitrogen functional groups attached to an aromatic ring is 1. The molecular weight excluding hydrogens is 252 g/mol. The van der Waals surface area contributed by atoms with Crippen LogP contribution in [0.4, 0.5) is 22.7 Å². The smallest absolute Gasteiger partial charge is 0.223 e. The van der Waals surface area contributed by atoms with Crippen LogP contribution in [0, 0.1) is 0 Å². The number of anilines is 4. The topological polar surface area (TPSA) is 71.2 Å². The van der Waals surface area contributed by atoms with Gasteiger partial charge < -0.3 is 16.0 Å².